The van der Waals surface area contributed by atoms with Gasteiger partial charge in [0.25, 0.3) is 10.0 Å². The lowest BCUT2D eigenvalue weighted by atomic mass is 10.2. The molecule has 0 unspecified atom stereocenters. The minimum absolute atomic E-state index is 0.108. The topological polar surface area (TPSA) is 97.3 Å². The van der Waals surface area contributed by atoms with E-state index in [1.54, 1.807) is 18.2 Å². The van der Waals surface area contributed by atoms with Gasteiger partial charge in [0, 0.05) is 18.7 Å². The molecule has 2 heterocycles. The average Bonchev–Trinajstić information content (AvgIpc) is 2.84. The van der Waals surface area contributed by atoms with Crippen LogP contribution in [0, 0.1) is 0 Å². The third-order valence-corrected chi connectivity index (χ3v) is 5.14. The van der Waals surface area contributed by atoms with Crippen molar-refractivity contribution in [3.63, 3.8) is 0 Å². The summed E-state index contributed by atoms with van der Waals surface area (Å²) in [5.41, 5.74) is 0.539. The Kier molecular flexibility index (Phi) is 5.12. The zero-order valence-electron chi connectivity index (χ0n) is 13.1. The van der Waals surface area contributed by atoms with Gasteiger partial charge in [-0.05, 0) is 12.1 Å². The number of sulfonamides is 1. The zero-order chi connectivity index (χ0) is 17.0. The molecule has 1 aromatic rings. The van der Waals surface area contributed by atoms with Crippen LogP contribution in [0.4, 0.5) is 0 Å². The third kappa shape index (κ3) is 3.92. The fourth-order valence-corrected chi connectivity index (χ4v) is 3.81. The Balaban J connectivity index is 1.49. The first-order valence-electron chi connectivity index (χ1n) is 7.69. The summed E-state index contributed by atoms with van der Waals surface area (Å²) in [5, 5.41) is 0. The Bertz CT molecular complexity index is 741. The number of esters is 1. The van der Waals surface area contributed by atoms with Gasteiger partial charge in [-0.3, -0.25) is 19.4 Å². The second-order valence-corrected chi connectivity index (χ2v) is 7.09. The van der Waals surface area contributed by atoms with Crippen LogP contribution < -0.4 is 4.72 Å². The number of ether oxygens (including phenoxy) is 2. The van der Waals surface area contributed by atoms with Gasteiger partial charge in [-0.2, -0.15) is 0 Å². The van der Waals surface area contributed by atoms with E-state index in [9.17, 15) is 13.2 Å². The molecule has 8 nitrogen and oxygen atoms in total. The highest BCUT2D eigenvalue weighted by Gasteiger charge is 2.29. The number of carbonyl (C=O) groups is 1. The smallest absolute Gasteiger partial charge is 0.320 e. The molecule has 1 aromatic carbocycles. The van der Waals surface area contributed by atoms with Gasteiger partial charge in [-0.15, -0.1) is 0 Å². The van der Waals surface area contributed by atoms with Crippen LogP contribution in [0.2, 0.25) is 0 Å². The molecule has 0 atom stereocenters. The number of fused-ring (bicyclic) bond motifs is 1. The molecule has 0 amide bonds. The van der Waals surface area contributed by atoms with Crippen molar-refractivity contribution in [2.75, 3.05) is 46.0 Å². The first kappa shape index (κ1) is 16.9. The molecule has 130 valence electrons. The highest BCUT2D eigenvalue weighted by atomic mass is 32.2. The lowest BCUT2D eigenvalue weighted by molar-refractivity contribution is -0.145. The number of rotatable bonds is 5. The van der Waals surface area contributed by atoms with Gasteiger partial charge < -0.3 is 9.47 Å². The number of hydrogen-bond acceptors (Lipinski definition) is 7. The molecule has 0 aromatic heterocycles. The SMILES string of the molecule is O=C(CN1CCOCC1)OCCN=C1NS(=O)(=O)c2ccccc21. The number of aliphatic imine (C=N–C) groups is 1. The van der Waals surface area contributed by atoms with Crippen molar-refractivity contribution in [2.24, 2.45) is 4.99 Å². The molecule has 2 aliphatic rings. The largest absolute Gasteiger partial charge is 0.463 e. The minimum Gasteiger partial charge on any atom is -0.463 e. The van der Waals surface area contributed by atoms with Crippen molar-refractivity contribution in [1.82, 2.24) is 9.62 Å². The van der Waals surface area contributed by atoms with E-state index in [2.05, 4.69) is 9.71 Å². The first-order valence-corrected chi connectivity index (χ1v) is 9.17. The standard InChI is InChI=1S/C15H19N3O5S/c19-14(11-18-6-9-22-10-7-18)23-8-5-16-15-12-3-1-2-4-13(12)24(20,21)17-15/h1-4H,5-11H2,(H,16,17). The minimum atomic E-state index is -3.53. The second-order valence-electron chi connectivity index (χ2n) is 5.44. The van der Waals surface area contributed by atoms with Crippen molar-refractivity contribution in [1.29, 1.82) is 0 Å². The third-order valence-electron chi connectivity index (χ3n) is 3.74. The fourth-order valence-electron chi connectivity index (χ4n) is 2.56. The van der Waals surface area contributed by atoms with E-state index < -0.39 is 10.0 Å². The van der Waals surface area contributed by atoms with Crippen molar-refractivity contribution in [3.8, 4) is 0 Å². The molecular formula is C15H19N3O5S. The number of morpholine rings is 1. The lowest BCUT2D eigenvalue weighted by Crippen LogP contribution is -2.40. The van der Waals surface area contributed by atoms with Gasteiger partial charge in [0.05, 0.1) is 31.2 Å². The van der Waals surface area contributed by atoms with Crippen LogP contribution in [0.15, 0.2) is 34.2 Å². The summed E-state index contributed by atoms with van der Waals surface area (Å²) in [7, 11) is -3.53. The van der Waals surface area contributed by atoms with E-state index in [-0.39, 0.29) is 36.4 Å². The Labute approximate surface area is 140 Å². The molecule has 0 bridgehead atoms. The van der Waals surface area contributed by atoms with Gasteiger partial charge in [-0.25, -0.2) is 8.42 Å². The molecule has 0 aliphatic carbocycles. The Morgan fingerprint density at radius 1 is 1.29 bits per heavy atom. The summed E-state index contributed by atoms with van der Waals surface area (Å²) in [5.74, 6) is -0.0284. The number of nitrogens with zero attached hydrogens (tertiary/aromatic N) is 2. The number of carbonyl (C=O) groups excluding carboxylic acids is 1. The van der Waals surface area contributed by atoms with Crippen LogP contribution >= 0.6 is 0 Å². The highest BCUT2D eigenvalue weighted by Crippen LogP contribution is 2.21. The van der Waals surface area contributed by atoms with Crippen molar-refractivity contribution >= 4 is 21.8 Å². The summed E-state index contributed by atoms with van der Waals surface area (Å²) >= 11 is 0. The van der Waals surface area contributed by atoms with E-state index in [1.807, 2.05) is 4.90 Å². The molecule has 0 spiro atoms. The van der Waals surface area contributed by atoms with Gasteiger partial charge in [0.15, 0.2) is 0 Å². The van der Waals surface area contributed by atoms with Crippen molar-refractivity contribution in [2.45, 2.75) is 4.90 Å². The zero-order valence-corrected chi connectivity index (χ0v) is 13.9. The maximum Gasteiger partial charge on any atom is 0.320 e. The molecular weight excluding hydrogens is 334 g/mol. The Morgan fingerprint density at radius 3 is 2.83 bits per heavy atom. The molecule has 3 rings (SSSR count). The van der Waals surface area contributed by atoms with Crippen LogP contribution in [0.1, 0.15) is 5.56 Å². The van der Waals surface area contributed by atoms with Gasteiger partial charge in [-0.1, -0.05) is 12.1 Å². The molecule has 1 saturated heterocycles. The van der Waals surface area contributed by atoms with E-state index >= 15 is 0 Å². The summed E-state index contributed by atoms with van der Waals surface area (Å²) in [6, 6.07) is 6.63. The average molecular weight is 353 g/mol. The predicted octanol–water partition coefficient (Wildman–Crippen LogP) is -0.399. The van der Waals surface area contributed by atoms with Gasteiger partial charge in [0.2, 0.25) is 0 Å². The maximum absolute atomic E-state index is 11.9. The van der Waals surface area contributed by atoms with Crippen LogP contribution in [0.5, 0.6) is 0 Å². The second kappa shape index (κ2) is 7.29. The first-order chi connectivity index (χ1) is 11.6. The number of amidine groups is 1. The van der Waals surface area contributed by atoms with Gasteiger partial charge >= 0.3 is 5.97 Å². The number of benzene rings is 1. The van der Waals surface area contributed by atoms with Crippen molar-refractivity contribution < 1.29 is 22.7 Å². The van der Waals surface area contributed by atoms with Crippen LogP contribution in [0.3, 0.4) is 0 Å². The highest BCUT2D eigenvalue weighted by molar-refractivity contribution is 7.90. The summed E-state index contributed by atoms with van der Waals surface area (Å²) < 4.78 is 36.6. The fraction of sp³-hybridized carbons (Fsp3) is 0.467. The summed E-state index contributed by atoms with van der Waals surface area (Å²) in [6.07, 6.45) is 0. The summed E-state index contributed by atoms with van der Waals surface area (Å²) in [6.45, 7) is 3.22. The molecule has 2 aliphatic heterocycles. The Hall–Kier alpha value is -1.97. The Morgan fingerprint density at radius 2 is 2.04 bits per heavy atom. The van der Waals surface area contributed by atoms with E-state index in [1.165, 1.54) is 6.07 Å². The molecule has 0 radical (unpaired) electrons. The van der Waals surface area contributed by atoms with E-state index in [0.717, 1.165) is 13.1 Å². The van der Waals surface area contributed by atoms with E-state index in [4.69, 9.17) is 9.47 Å². The normalized spacial score (nSPS) is 21.2. The molecule has 1 fully saturated rings. The number of nitrogens with one attached hydrogen (secondary N) is 1. The molecule has 9 heteroatoms. The van der Waals surface area contributed by atoms with Crippen LogP contribution in [-0.4, -0.2) is 71.1 Å². The lowest BCUT2D eigenvalue weighted by Gasteiger charge is -2.25. The molecule has 1 N–H and O–H groups in total. The maximum atomic E-state index is 11.9. The monoisotopic (exact) mass is 353 g/mol. The van der Waals surface area contributed by atoms with Gasteiger partial charge in [0.1, 0.15) is 12.4 Å². The quantitative estimate of drug-likeness (QED) is 0.571. The van der Waals surface area contributed by atoms with Crippen molar-refractivity contribution in [3.05, 3.63) is 29.8 Å². The molecule has 0 saturated carbocycles. The number of hydrogen-bond donors (Lipinski definition) is 1. The molecule has 24 heavy (non-hydrogen) atoms. The summed E-state index contributed by atoms with van der Waals surface area (Å²) in [4.78, 5) is 18.1. The predicted molar refractivity (Wildman–Crippen MR) is 86.4 cm³/mol. The van der Waals surface area contributed by atoms with Crippen LogP contribution in [-0.2, 0) is 24.3 Å². The van der Waals surface area contributed by atoms with Crippen LogP contribution in [0.25, 0.3) is 0 Å². The van der Waals surface area contributed by atoms with E-state index in [0.29, 0.717) is 18.8 Å².